The van der Waals surface area contributed by atoms with Gasteiger partial charge in [-0.05, 0) is 92.5 Å². The maximum absolute atomic E-state index is 13.4. The summed E-state index contributed by atoms with van der Waals surface area (Å²) in [6, 6.07) is 19.4. The summed E-state index contributed by atoms with van der Waals surface area (Å²) >= 11 is 0. The highest BCUT2D eigenvalue weighted by molar-refractivity contribution is 6.02. The zero-order valence-electron chi connectivity index (χ0n) is 21.8. The van der Waals surface area contributed by atoms with Gasteiger partial charge < -0.3 is 24.6 Å². The molecule has 3 aromatic carbocycles. The molecule has 1 fully saturated rings. The molecule has 1 aliphatic heterocycles. The van der Waals surface area contributed by atoms with Gasteiger partial charge in [0.15, 0.2) is 11.5 Å². The van der Waals surface area contributed by atoms with Crippen LogP contribution in [0.3, 0.4) is 0 Å². The van der Waals surface area contributed by atoms with E-state index in [-0.39, 0.29) is 18.6 Å². The summed E-state index contributed by atoms with van der Waals surface area (Å²) in [4.78, 5) is 29.9. The predicted molar refractivity (Wildman–Crippen MR) is 144 cm³/mol. The number of fused-ring (bicyclic) bond motifs is 1. The van der Waals surface area contributed by atoms with Crippen LogP contribution in [0.2, 0.25) is 0 Å². The van der Waals surface area contributed by atoms with Crippen molar-refractivity contribution in [3.05, 3.63) is 77.4 Å². The van der Waals surface area contributed by atoms with Crippen molar-refractivity contribution in [2.75, 3.05) is 46.3 Å². The third-order valence-corrected chi connectivity index (χ3v) is 7.28. The number of aryl methyl sites for hydroxylation is 1. The number of benzene rings is 3. The van der Waals surface area contributed by atoms with Crippen molar-refractivity contribution in [3.8, 4) is 22.6 Å². The van der Waals surface area contributed by atoms with Crippen LogP contribution in [0.5, 0.6) is 11.5 Å². The fraction of sp³-hybridized carbons (Fsp3) is 0.333. The highest BCUT2D eigenvalue weighted by atomic mass is 16.7. The number of ether oxygens (including phenoxy) is 2. The molecule has 1 saturated carbocycles. The molecule has 3 aromatic rings. The minimum atomic E-state index is -0.535. The Hall–Kier alpha value is -3.84. The zero-order valence-corrected chi connectivity index (χ0v) is 21.8. The lowest BCUT2D eigenvalue weighted by molar-refractivity contribution is -0.118. The smallest absolute Gasteiger partial charge is 0.253 e. The maximum atomic E-state index is 13.4. The maximum Gasteiger partial charge on any atom is 0.253 e. The molecule has 0 aromatic heterocycles. The Kier molecular flexibility index (Phi) is 6.65. The number of rotatable bonds is 8. The summed E-state index contributed by atoms with van der Waals surface area (Å²) in [5.74, 6) is 1.41. The van der Waals surface area contributed by atoms with Gasteiger partial charge >= 0.3 is 0 Å². The second-order valence-corrected chi connectivity index (χ2v) is 10.2. The second-order valence-electron chi connectivity index (χ2n) is 10.2. The summed E-state index contributed by atoms with van der Waals surface area (Å²) in [6.07, 6.45) is 1.60. The Balaban J connectivity index is 1.31. The van der Waals surface area contributed by atoms with Gasteiger partial charge in [0.25, 0.3) is 5.91 Å². The van der Waals surface area contributed by atoms with Gasteiger partial charge in [-0.25, -0.2) is 0 Å². The van der Waals surface area contributed by atoms with E-state index >= 15 is 0 Å². The molecule has 192 valence electrons. The number of hydrogen-bond donors (Lipinski definition) is 1. The number of hydrogen-bond acceptors (Lipinski definition) is 5. The first-order valence-corrected chi connectivity index (χ1v) is 12.6. The largest absolute Gasteiger partial charge is 0.454 e. The summed E-state index contributed by atoms with van der Waals surface area (Å²) in [7, 11) is 5.81. The first-order valence-electron chi connectivity index (χ1n) is 12.6. The molecule has 5 rings (SSSR count). The first-order chi connectivity index (χ1) is 17.8. The van der Waals surface area contributed by atoms with Crippen molar-refractivity contribution in [3.63, 3.8) is 0 Å². The van der Waals surface area contributed by atoms with Crippen molar-refractivity contribution >= 4 is 17.5 Å². The molecule has 0 spiro atoms. The van der Waals surface area contributed by atoms with Crippen molar-refractivity contribution in [1.82, 2.24) is 9.80 Å². The standard InChI is InChI=1S/C30H33N3O4/c1-20-5-11-24(31-29(35)30(13-14-30)23-10-12-26-27(17-23)37-19-36-26)18-25(20)21-6-8-22(9-7-21)28(34)33(4)16-15-32(2)3/h5-12,17-18H,13-16,19H2,1-4H3,(H,31,35). The molecule has 7 nitrogen and oxygen atoms in total. The molecule has 7 heteroatoms. The lowest BCUT2D eigenvalue weighted by atomic mass is 9.94. The molecule has 2 aliphatic rings. The quantitative estimate of drug-likeness (QED) is 0.487. The molecular formula is C30H33N3O4. The van der Waals surface area contributed by atoms with E-state index in [9.17, 15) is 9.59 Å². The normalized spacial score (nSPS) is 14.9. The van der Waals surface area contributed by atoms with Crippen molar-refractivity contribution in [1.29, 1.82) is 0 Å². The van der Waals surface area contributed by atoms with Crippen LogP contribution >= 0.6 is 0 Å². The molecule has 0 atom stereocenters. The van der Waals surface area contributed by atoms with Crippen LogP contribution < -0.4 is 14.8 Å². The number of anilines is 1. The Morgan fingerprint density at radius 1 is 0.892 bits per heavy atom. The summed E-state index contributed by atoms with van der Waals surface area (Å²) in [5, 5.41) is 3.14. The highest BCUT2D eigenvalue weighted by Gasteiger charge is 2.51. The van der Waals surface area contributed by atoms with E-state index in [1.54, 1.807) is 4.90 Å². The van der Waals surface area contributed by atoms with Crippen LogP contribution in [0.15, 0.2) is 60.7 Å². The van der Waals surface area contributed by atoms with Gasteiger partial charge in [-0.3, -0.25) is 9.59 Å². The Morgan fingerprint density at radius 2 is 1.62 bits per heavy atom. The van der Waals surface area contributed by atoms with E-state index in [2.05, 4.69) is 10.2 Å². The Labute approximate surface area is 218 Å². The zero-order chi connectivity index (χ0) is 26.2. The number of carbonyl (C=O) groups excluding carboxylic acids is 2. The summed E-state index contributed by atoms with van der Waals surface area (Å²) < 4.78 is 10.9. The van der Waals surface area contributed by atoms with Crippen LogP contribution in [-0.4, -0.2) is 62.6 Å². The van der Waals surface area contributed by atoms with Gasteiger partial charge in [0.1, 0.15) is 0 Å². The Morgan fingerprint density at radius 3 is 2.32 bits per heavy atom. The summed E-state index contributed by atoms with van der Waals surface area (Å²) in [5.41, 5.74) is 4.94. The topological polar surface area (TPSA) is 71.1 Å². The van der Waals surface area contributed by atoms with Gasteiger partial charge in [-0.2, -0.15) is 0 Å². The van der Waals surface area contributed by atoms with E-state index in [1.807, 2.05) is 88.7 Å². The molecule has 1 N–H and O–H groups in total. The van der Waals surface area contributed by atoms with Gasteiger partial charge in [0, 0.05) is 31.4 Å². The molecule has 0 unspecified atom stereocenters. The third kappa shape index (κ3) is 5.04. The van der Waals surface area contributed by atoms with Crippen LogP contribution in [0, 0.1) is 6.92 Å². The van der Waals surface area contributed by atoms with E-state index in [0.29, 0.717) is 17.9 Å². The molecule has 0 saturated heterocycles. The van der Waals surface area contributed by atoms with Crippen LogP contribution in [0.25, 0.3) is 11.1 Å². The van der Waals surface area contributed by atoms with Gasteiger partial charge in [-0.15, -0.1) is 0 Å². The number of carbonyl (C=O) groups is 2. The van der Waals surface area contributed by atoms with E-state index in [0.717, 1.165) is 53.1 Å². The van der Waals surface area contributed by atoms with Crippen molar-refractivity contribution in [2.45, 2.75) is 25.2 Å². The van der Waals surface area contributed by atoms with Crippen molar-refractivity contribution in [2.24, 2.45) is 0 Å². The highest BCUT2D eigenvalue weighted by Crippen LogP contribution is 2.51. The lowest BCUT2D eigenvalue weighted by Gasteiger charge is -2.20. The van der Waals surface area contributed by atoms with Crippen LogP contribution in [0.1, 0.15) is 34.3 Å². The molecule has 0 radical (unpaired) electrons. The fourth-order valence-corrected chi connectivity index (χ4v) is 4.69. The number of nitrogens with one attached hydrogen (secondary N) is 1. The second kappa shape index (κ2) is 9.90. The number of amides is 2. The van der Waals surface area contributed by atoms with E-state index < -0.39 is 5.41 Å². The molecule has 37 heavy (non-hydrogen) atoms. The van der Waals surface area contributed by atoms with Gasteiger partial charge in [0.05, 0.1) is 5.41 Å². The predicted octanol–water partition coefficient (Wildman–Crippen LogP) is 4.69. The number of nitrogens with zero attached hydrogens (tertiary/aromatic N) is 2. The van der Waals surface area contributed by atoms with E-state index in [4.69, 9.17) is 9.47 Å². The van der Waals surface area contributed by atoms with E-state index in [1.165, 1.54) is 0 Å². The molecule has 2 amide bonds. The first kappa shape index (κ1) is 24.8. The fourth-order valence-electron chi connectivity index (χ4n) is 4.69. The van der Waals surface area contributed by atoms with Crippen molar-refractivity contribution < 1.29 is 19.1 Å². The van der Waals surface area contributed by atoms with Gasteiger partial charge in [0.2, 0.25) is 12.7 Å². The Bertz CT molecular complexity index is 1330. The minimum absolute atomic E-state index is 0.00406. The molecule has 1 aliphatic carbocycles. The minimum Gasteiger partial charge on any atom is -0.454 e. The lowest BCUT2D eigenvalue weighted by Crippen LogP contribution is -2.33. The molecule has 0 bridgehead atoms. The molecular weight excluding hydrogens is 466 g/mol. The SMILES string of the molecule is Cc1ccc(NC(=O)C2(c3ccc4c(c3)OCO4)CC2)cc1-c1ccc(C(=O)N(C)CCN(C)C)cc1. The van der Waals surface area contributed by atoms with Gasteiger partial charge in [-0.1, -0.05) is 24.3 Å². The summed E-state index contributed by atoms with van der Waals surface area (Å²) in [6.45, 7) is 3.74. The third-order valence-electron chi connectivity index (χ3n) is 7.28. The van der Waals surface area contributed by atoms with Crippen LogP contribution in [0.4, 0.5) is 5.69 Å². The average Bonchev–Trinajstić information content (AvgIpc) is 3.58. The monoisotopic (exact) mass is 499 g/mol. The number of likely N-dealkylation sites (N-methyl/N-ethyl adjacent to an activating group) is 2. The van der Waals surface area contributed by atoms with Crippen LogP contribution in [-0.2, 0) is 10.2 Å². The molecule has 1 heterocycles. The average molecular weight is 500 g/mol.